The van der Waals surface area contributed by atoms with Gasteiger partial charge in [0.25, 0.3) is 0 Å². The van der Waals surface area contributed by atoms with Gasteiger partial charge < -0.3 is 47.4 Å². The maximum atomic E-state index is 11.7. The first-order chi connectivity index (χ1) is 18.8. The third kappa shape index (κ3) is 23.4. The van der Waals surface area contributed by atoms with Gasteiger partial charge in [0.05, 0.1) is 118 Å². The molecule has 0 unspecified atom stereocenters. The van der Waals surface area contributed by atoms with Gasteiger partial charge in [-0.05, 0) is 19.1 Å². The van der Waals surface area contributed by atoms with E-state index < -0.39 is 0 Å². The average Bonchev–Trinajstić information content (AvgIpc) is 2.95. The number of rotatable bonds is 29. The Morgan fingerprint density at radius 3 is 1.05 bits per heavy atom. The number of hydrogen-bond acceptors (Lipinski definition) is 11. The van der Waals surface area contributed by atoms with E-state index in [1.165, 1.54) is 0 Å². The van der Waals surface area contributed by atoms with Crippen molar-refractivity contribution in [2.45, 2.75) is 6.92 Å². The van der Waals surface area contributed by atoms with Crippen molar-refractivity contribution in [1.82, 2.24) is 0 Å². The fourth-order valence-corrected chi connectivity index (χ4v) is 2.75. The molecule has 0 N–H and O–H groups in total. The summed E-state index contributed by atoms with van der Waals surface area (Å²) in [6, 6.07) is 8.86. The summed E-state index contributed by atoms with van der Waals surface area (Å²) in [6.45, 7) is 11.4. The Morgan fingerprint density at radius 1 is 0.447 bits per heavy atom. The van der Waals surface area contributed by atoms with E-state index in [4.69, 9.17) is 47.4 Å². The van der Waals surface area contributed by atoms with Crippen molar-refractivity contribution in [3.05, 3.63) is 35.9 Å². The average molecular weight is 547 g/mol. The zero-order chi connectivity index (χ0) is 27.2. The summed E-state index contributed by atoms with van der Waals surface area (Å²) in [6.07, 6.45) is 0. The molecule has 0 aromatic heterocycles. The summed E-state index contributed by atoms with van der Waals surface area (Å²) in [5.74, 6) is -0.353. The Balaban J connectivity index is 1.66. The van der Waals surface area contributed by atoms with Gasteiger partial charge in [-0.3, -0.25) is 0 Å². The van der Waals surface area contributed by atoms with Crippen LogP contribution >= 0.6 is 0 Å². The lowest BCUT2D eigenvalue weighted by Gasteiger charge is -2.09. The second-order valence-corrected chi connectivity index (χ2v) is 7.60. The maximum absolute atomic E-state index is 11.7. The first-order valence-electron chi connectivity index (χ1n) is 13.3. The third-order valence-electron chi connectivity index (χ3n) is 4.65. The normalized spacial score (nSPS) is 11.2. The Bertz CT molecular complexity index is 618. The molecule has 0 radical (unpaired) electrons. The molecule has 0 saturated carbocycles. The molecule has 11 heteroatoms. The fraction of sp³-hybridized carbons (Fsp3) is 0.741. The van der Waals surface area contributed by atoms with Crippen LogP contribution < -0.4 is 0 Å². The van der Waals surface area contributed by atoms with Crippen LogP contribution in [-0.4, -0.2) is 132 Å². The van der Waals surface area contributed by atoms with E-state index in [1.807, 2.05) is 13.0 Å². The highest BCUT2D eigenvalue weighted by Gasteiger charge is 2.05. The molecule has 0 spiro atoms. The van der Waals surface area contributed by atoms with Crippen LogP contribution in [0.4, 0.5) is 0 Å². The van der Waals surface area contributed by atoms with E-state index in [9.17, 15) is 4.79 Å². The highest BCUT2D eigenvalue weighted by Crippen LogP contribution is 2.00. The molecule has 0 saturated heterocycles. The van der Waals surface area contributed by atoms with Gasteiger partial charge >= 0.3 is 5.97 Å². The molecular weight excluding hydrogens is 500 g/mol. The zero-order valence-corrected chi connectivity index (χ0v) is 22.8. The molecule has 0 fully saturated rings. The molecule has 0 aliphatic carbocycles. The van der Waals surface area contributed by atoms with E-state index in [1.54, 1.807) is 24.3 Å². The van der Waals surface area contributed by atoms with Crippen LogP contribution in [0.15, 0.2) is 30.3 Å². The van der Waals surface area contributed by atoms with E-state index in [0.29, 0.717) is 124 Å². The molecule has 0 heterocycles. The molecule has 0 bridgehead atoms. The zero-order valence-electron chi connectivity index (χ0n) is 22.8. The van der Waals surface area contributed by atoms with Crippen molar-refractivity contribution < 1.29 is 52.2 Å². The number of esters is 1. The van der Waals surface area contributed by atoms with Gasteiger partial charge in [0.15, 0.2) is 0 Å². The van der Waals surface area contributed by atoms with Crippen LogP contribution in [0.5, 0.6) is 0 Å². The van der Waals surface area contributed by atoms with Gasteiger partial charge in [0, 0.05) is 6.61 Å². The van der Waals surface area contributed by atoms with Crippen molar-refractivity contribution in [3.8, 4) is 0 Å². The Hall–Kier alpha value is -1.67. The summed E-state index contributed by atoms with van der Waals surface area (Å²) >= 11 is 0. The topological polar surface area (TPSA) is 109 Å². The summed E-state index contributed by atoms with van der Waals surface area (Å²) in [7, 11) is 0. The maximum Gasteiger partial charge on any atom is 0.338 e. The molecule has 1 aromatic rings. The van der Waals surface area contributed by atoms with E-state index >= 15 is 0 Å². The second-order valence-electron chi connectivity index (χ2n) is 7.60. The van der Waals surface area contributed by atoms with Gasteiger partial charge in [-0.2, -0.15) is 0 Å². The third-order valence-corrected chi connectivity index (χ3v) is 4.65. The van der Waals surface area contributed by atoms with Crippen LogP contribution in [-0.2, 0) is 47.4 Å². The van der Waals surface area contributed by atoms with Crippen LogP contribution in [0.2, 0.25) is 0 Å². The number of carbonyl (C=O) groups excluding carboxylic acids is 1. The second kappa shape index (κ2) is 28.3. The molecule has 1 rings (SSSR count). The van der Waals surface area contributed by atoms with Crippen molar-refractivity contribution in [2.75, 3.05) is 126 Å². The van der Waals surface area contributed by atoms with E-state index in [0.717, 1.165) is 0 Å². The highest BCUT2D eigenvalue weighted by atomic mass is 16.6. The van der Waals surface area contributed by atoms with Crippen molar-refractivity contribution in [3.63, 3.8) is 0 Å². The predicted octanol–water partition coefficient (Wildman–Crippen LogP) is 2.01. The monoisotopic (exact) mass is 546 g/mol. The van der Waals surface area contributed by atoms with Crippen LogP contribution in [0, 0.1) is 0 Å². The Morgan fingerprint density at radius 2 is 0.737 bits per heavy atom. The molecule has 0 amide bonds. The van der Waals surface area contributed by atoms with Crippen molar-refractivity contribution >= 4 is 5.97 Å². The van der Waals surface area contributed by atoms with Crippen LogP contribution in [0.25, 0.3) is 0 Å². The van der Waals surface area contributed by atoms with Gasteiger partial charge in [0.2, 0.25) is 0 Å². The number of ether oxygens (including phenoxy) is 10. The molecule has 0 atom stereocenters. The Kier molecular flexibility index (Phi) is 25.6. The lowest BCUT2D eigenvalue weighted by molar-refractivity contribution is -0.0257. The smallest absolute Gasteiger partial charge is 0.338 e. The van der Waals surface area contributed by atoms with E-state index in [-0.39, 0.29) is 12.6 Å². The minimum atomic E-state index is -0.353. The van der Waals surface area contributed by atoms with Gasteiger partial charge in [-0.25, -0.2) is 4.79 Å². The SMILES string of the molecule is CCOCCOCCOCCOCCOCCOCCOCCOCCOCCOC(=O)c1ccccc1. The predicted molar refractivity (Wildman–Crippen MR) is 140 cm³/mol. The quantitative estimate of drug-likeness (QED) is 0.109. The molecule has 0 aliphatic rings. The molecule has 0 aliphatic heterocycles. The summed E-state index contributed by atoms with van der Waals surface area (Å²) in [5.41, 5.74) is 0.528. The summed E-state index contributed by atoms with van der Waals surface area (Å²) in [4.78, 5) is 11.7. The first-order valence-corrected chi connectivity index (χ1v) is 13.3. The van der Waals surface area contributed by atoms with Crippen molar-refractivity contribution in [1.29, 1.82) is 0 Å². The molecule has 11 nitrogen and oxygen atoms in total. The minimum Gasteiger partial charge on any atom is -0.460 e. The number of carbonyl (C=O) groups is 1. The van der Waals surface area contributed by atoms with Gasteiger partial charge in [-0.15, -0.1) is 0 Å². The molecule has 1 aromatic carbocycles. The van der Waals surface area contributed by atoms with Crippen molar-refractivity contribution in [2.24, 2.45) is 0 Å². The van der Waals surface area contributed by atoms with Crippen LogP contribution in [0.3, 0.4) is 0 Å². The standard InChI is InChI=1S/C27H46O11/c1-2-29-8-9-30-10-11-31-12-13-32-14-15-33-16-17-34-18-19-35-20-21-36-22-23-37-24-25-38-27(28)26-6-4-3-5-7-26/h3-7H,2,8-25H2,1H3. The van der Waals surface area contributed by atoms with Gasteiger partial charge in [-0.1, -0.05) is 18.2 Å². The number of benzene rings is 1. The highest BCUT2D eigenvalue weighted by molar-refractivity contribution is 5.89. The number of hydrogen-bond donors (Lipinski definition) is 0. The summed E-state index contributed by atoms with van der Waals surface area (Å²) < 4.78 is 53.6. The van der Waals surface area contributed by atoms with Crippen LogP contribution in [0.1, 0.15) is 17.3 Å². The minimum absolute atomic E-state index is 0.207. The fourth-order valence-electron chi connectivity index (χ4n) is 2.75. The summed E-state index contributed by atoms with van der Waals surface area (Å²) in [5, 5.41) is 0. The Labute approximate surface area is 226 Å². The molecule has 220 valence electrons. The lowest BCUT2D eigenvalue weighted by atomic mass is 10.2. The molecule has 38 heavy (non-hydrogen) atoms. The van der Waals surface area contributed by atoms with Gasteiger partial charge in [0.1, 0.15) is 6.61 Å². The first kappa shape index (κ1) is 34.4. The van der Waals surface area contributed by atoms with E-state index in [2.05, 4.69) is 0 Å². The molecular formula is C27H46O11. The lowest BCUT2D eigenvalue weighted by Crippen LogP contribution is -2.15. The largest absolute Gasteiger partial charge is 0.460 e.